The van der Waals surface area contributed by atoms with Gasteiger partial charge in [0.05, 0.1) is 18.2 Å². The molecule has 2 N–H and O–H groups in total. The van der Waals surface area contributed by atoms with Gasteiger partial charge in [0.1, 0.15) is 0 Å². The molecule has 7 nitrogen and oxygen atoms in total. The average molecular weight is 428 g/mol. The highest BCUT2D eigenvalue weighted by molar-refractivity contribution is 7.16. The first-order chi connectivity index (χ1) is 14.2. The number of benzene rings is 1. The number of thiophene rings is 1. The fraction of sp³-hybridized carbons (Fsp3) is 0.250. The van der Waals surface area contributed by atoms with E-state index in [1.165, 1.54) is 11.3 Å². The molecule has 1 aliphatic heterocycles. The van der Waals surface area contributed by atoms with Crippen molar-refractivity contribution in [2.75, 3.05) is 12.1 Å². The van der Waals surface area contributed by atoms with Crippen LogP contribution < -0.4 is 20.1 Å². The Morgan fingerprint density at radius 3 is 2.97 bits per heavy atom. The summed E-state index contributed by atoms with van der Waals surface area (Å²) in [5.41, 5.74) is 1.24. The van der Waals surface area contributed by atoms with Crippen LogP contribution in [0.15, 0.2) is 35.7 Å². The standard InChI is InChI=1S/C20H17N3O4S2/c24-18(11-3-5-14-15(8-11)27-10-26-14)23-20-22-17-13(4-6-16(17)29-20)19(25)21-9-12-2-1-7-28-12/h1-3,5,7-8,13H,4,6,9-10H2,(H,21,25)(H,22,23,24). The number of ether oxygens (including phenoxy) is 2. The number of carbonyl (C=O) groups excluding carboxylic acids is 2. The van der Waals surface area contributed by atoms with Crippen molar-refractivity contribution in [3.05, 3.63) is 56.7 Å². The predicted octanol–water partition coefficient (Wildman–Crippen LogP) is 3.53. The third-order valence-electron chi connectivity index (χ3n) is 4.91. The Kier molecular flexibility index (Phi) is 4.69. The molecule has 0 bridgehead atoms. The van der Waals surface area contributed by atoms with Crippen LogP contribution in [0.25, 0.3) is 0 Å². The van der Waals surface area contributed by atoms with Gasteiger partial charge in [-0.2, -0.15) is 0 Å². The second-order valence-corrected chi connectivity index (χ2v) is 8.85. The van der Waals surface area contributed by atoms with Crippen molar-refractivity contribution in [1.82, 2.24) is 10.3 Å². The molecule has 3 heterocycles. The molecule has 1 aliphatic carbocycles. The first-order valence-corrected chi connectivity index (χ1v) is 10.9. The van der Waals surface area contributed by atoms with Gasteiger partial charge in [-0.25, -0.2) is 4.98 Å². The molecule has 0 spiro atoms. The highest BCUT2D eigenvalue weighted by atomic mass is 32.1. The van der Waals surface area contributed by atoms with Gasteiger partial charge in [-0.1, -0.05) is 6.07 Å². The maximum atomic E-state index is 12.6. The van der Waals surface area contributed by atoms with Crippen LogP contribution in [-0.4, -0.2) is 23.6 Å². The van der Waals surface area contributed by atoms with Gasteiger partial charge in [-0.3, -0.25) is 14.9 Å². The third-order valence-corrected chi connectivity index (χ3v) is 6.83. The van der Waals surface area contributed by atoms with E-state index in [9.17, 15) is 9.59 Å². The lowest BCUT2D eigenvalue weighted by Crippen LogP contribution is -2.27. The molecule has 1 atom stereocenters. The van der Waals surface area contributed by atoms with Gasteiger partial charge in [0.2, 0.25) is 12.7 Å². The highest BCUT2D eigenvalue weighted by Gasteiger charge is 2.32. The normalized spacial score (nSPS) is 16.5. The molecule has 0 radical (unpaired) electrons. The van der Waals surface area contributed by atoms with E-state index < -0.39 is 0 Å². The van der Waals surface area contributed by atoms with Crippen molar-refractivity contribution < 1.29 is 19.1 Å². The Hall–Kier alpha value is -2.91. The molecule has 1 aromatic carbocycles. The van der Waals surface area contributed by atoms with Gasteiger partial charge in [0.15, 0.2) is 16.6 Å². The average Bonchev–Trinajstić information content (AvgIpc) is 3.49. The molecular formula is C20H17N3O4S2. The maximum absolute atomic E-state index is 12.6. The molecule has 29 heavy (non-hydrogen) atoms. The summed E-state index contributed by atoms with van der Waals surface area (Å²) in [6, 6.07) is 9.02. The minimum absolute atomic E-state index is 0.0175. The number of fused-ring (bicyclic) bond motifs is 2. The largest absolute Gasteiger partial charge is 0.454 e. The Bertz CT molecular complexity index is 1080. The lowest BCUT2D eigenvalue weighted by atomic mass is 10.1. The quantitative estimate of drug-likeness (QED) is 0.650. The minimum atomic E-state index is -0.269. The molecule has 2 aliphatic rings. The van der Waals surface area contributed by atoms with E-state index in [0.29, 0.717) is 28.7 Å². The number of rotatable bonds is 5. The van der Waals surface area contributed by atoms with Crippen LogP contribution in [0, 0.1) is 0 Å². The van der Waals surface area contributed by atoms with Crippen molar-refractivity contribution in [1.29, 1.82) is 0 Å². The fourth-order valence-electron chi connectivity index (χ4n) is 3.45. The van der Waals surface area contributed by atoms with Gasteiger partial charge in [0, 0.05) is 15.3 Å². The second kappa shape index (κ2) is 7.49. The number of nitrogens with zero attached hydrogens (tertiary/aromatic N) is 1. The Morgan fingerprint density at radius 1 is 1.21 bits per heavy atom. The third kappa shape index (κ3) is 3.58. The van der Waals surface area contributed by atoms with Crippen LogP contribution in [0.1, 0.15) is 38.1 Å². The van der Waals surface area contributed by atoms with E-state index >= 15 is 0 Å². The Morgan fingerprint density at radius 2 is 2.10 bits per heavy atom. The van der Waals surface area contributed by atoms with Crippen molar-refractivity contribution in [2.45, 2.75) is 25.3 Å². The summed E-state index contributed by atoms with van der Waals surface area (Å²) in [5, 5.41) is 8.32. The second-order valence-electron chi connectivity index (χ2n) is 6.74. The summed E-state index contributed by atoms with van der Waals surface area (Å²) in [6.07, 6.45) is 1.55. The first-order valence-electron chi connectivity index (χ1n) is 9.18. The lowest BCUT2D eigenvalue weighted by molar-refractivity contribution is -0.122. The predicted molar refractivity (Wildman–Crippen MR) is 110 cm³/mol. The minimum Gasteiger partial charge on any atom is -0.454 e. The zero-order valence-electron chi connectivity index (χ0n) is 15.3. The fourth-order valence-corrected chi connectivity index (χ4v) is 5.13. The Labute approximate surface area is 174 Å². The zero-order chi connectivity index (χ0) is 19.8. The zero-order valence-corrected chi connectivity index (χ0v) is 16.9. The van der Waals surface area contributed by atoms with Gasteiger partial charge in [-0.05, 0) is 42.5 Å². The first kappa shape index (κ1) is 18.1. The van der Waals surface area contributed by atoms with Gasteiger partial charge < -0.3 is 14.8 Å². The molecule has 0 saturated carbocycles. The topological polar surface area (TPSA) is 89.6 Å². The van der Waals surface area contributed by atoms with Gasteiger partial charge in [-0.15, -0.1) is 22.7 Å². The smallest absolute Gasteiger partial charge is 0.257 e. The summed E-state index contributed by atoms with van der Waals surface area (Å²) in [6.45, 7) is 0.690. The number of thiazole rings is 1. The van der Waals surface area contributed by atoms with Crippen LogP contribution in [0.3, 0.4) is 0 Å². The lowest BCUT2D eigenvalue weighted by Gasteiger charge is -2.10. The monoisotopic (exact) mass is 427 g/mol. The van der Waals surface area contributed by atoms with Crippen LogP contribution in [-0.2, 0) is 17.8 Å². The summed E-state index contributed by atoms with van der Waals surface area (Å²) in [7, 11) is 0. The molecule has 2 amide bonds. The number of carbonyl (C=O) groups is 2. The number of hydrogen-bond acceptors (Lipinski definition) is 7. The van der Waals surface area contributed by atoms with Crippen molar-refractivity contribution in [2.24, 2.45) is 0 Å². The molecule has 0 saturated heterocycles. The number of aromatic nitrogens is 1. The molecule has 5 rings (SSSR count). The number of nitrogens with one attached hydrogen (secondary N) is 2. The van der Waals surface area contributed by atoms with Crippen LogP contribution >= 0.6 is 22.7 Å². The Balaban J connectivity index is 1.26. The maximum Gasteiger partial charge on any atom is 0.257 e. The van der Waals surface area contributed by atoms with E-state index in [1.54, 1.807) is 29.5 Å². The van der Waals surface area contributed by atoms with Crippen molar-refractivity contribution in [3.8, 4) is 11.5 Å². The number of hydrogen-bond donors (Lipinski definition) is 2. The van der Waals surface area contributed by atoms with Gasteiger partial charge >= 0.3 is 0 Å². The summed E-state index contributed by atoms with van der Waals surface area (Å²) in [5.74, 6) is 0.635. The van der Waals surface area contributed by atoms with E-state index in [-0.39, 0.29) is 24.5 Å². The molecule has 9 heteroatoms. The molecule has 1 unspecified atom stereocenters. The SMILES string of the molecule is O=C(Nc1nc2c(s1)CCC2C(=O)NCc1cccs1)c1ccc2c(c1)OCO2. The summed E-state index contributed by atoms with van der Waals surface area (Å²) in [4.78, 5) is 31.9. The highest BCUT2D eigenvalue weighted by Crippen LogP contribution is 2.39. The number of anilines is 1. The summed E-state index contributed by atoms with van der Waals surface area (Å²) < 4.78 is 10.6. The molecule has 2 aromatic heterocycles. The van der Waals surface area contributed by atoms with E-state index in [1.807, 2.05) is 17.5 Å². The molecule has 148 valence electrons. The molecule has 0 fully saturated rings. The summed E-state index contributed by atoms with van der Waals surface area (Å²) >= 11 is 3.05. The van der Waals surface area contributed by atoms with E-state index in [2.05, 4.69) is 15.6 Å². The van der Waals surface area contributed by atoms with Crippen LogP contribution in [0.5, 0.6) is 11.5 Å². The molecule has 3 aromatic rings. The van der Waals surface area contributed by atoms with Crippen molar-refractivity contribution in [3.63, 3.8) is 0 Å². The van der Waals surface area contributed by atoms with Crippen LogP contribution in [0.2, 0.25) is 0 Å². The number of aryl methyl sites for hydroxylation is 1. The van der Waals surface area contributed by atoms with Crippen LogP contribution in [0.4, 0.5) is 5.13 Å². The van der Waals surface area contributed by atoms with Crippen molar-refractivity contribution >= 4 is 39.6 Å². The van der Waals surface area contributed by atoms with Gasteiger partial charge in [0.25, 0.3) is 5.91 Å². The van der Waals surface area contributed by atoms with E-state index in [0.717, 1.165) is 28.3 Å². The van der Waals surface area contributed by atoms with E-state index in [4.69, 9.17) is 9.47 Å². The number of amides is 2. The molecular weight excluding hydrogens is 410 g/mol.